The second-order valence-corrected chi connectivity index (χ2v) is 8.24. The number of rotatable bonds is 6. The lowest BCUT2D eigenvalue weighted by Crippen LogP contribution is -2.37. The summed E-state index contributed by atoms with van der Waals surface area (Å²) in [5.41, 5.74) is 1.05. The van der Waals surface area contributed by atoms with Crippen LogP contribution in [0.5, 0.6) is 5.75 Å². The first-order valence-corrected chi connectivity index (χ1v) is 10.4. The van der Waals surface area contributed by atoms with Crippen LogP contribution >= 0.6 is 0 Å². The second-order valence-electron chi connectivity index (χ2n) is 6.48. The molecule has 1 aromatic rings. The summed E-state index contributed by atoms with van der Waals surface area (Å²) >= 11 is 0. The fourth-order valence-electron chi connectivity index (χ4n) is 2.82. The van der Waals surface area contributed by atoms with Gasteiger partial charge in [0.25, 0.3) is 15.9 Å². The minimum atomic E-state index is -3.46. The SMILES string of the molecule is COc1ccccc1CN(C)C(=O)COC(=O)C1=CN2CCS(=O)(=O)N=C2C=C1. The van der Waals surface area contributed by atoms with Gasteiger partial charge in [-0.15, -0.1) is 4.40 Å². The molecule has 1 aromatic carbocycles. The van der Waals surface area contributed by atoms with E-state index in [2.05, 4.69) is 4.40 Å². The smallest absolute Gasteiger partial charge is 0.340 e. The predicted octanol–water partition coefficient (Wildman–Crippen LogP) is 0.694. The van der Waals surface area contributed by atoms with E-state index in [0.717, 1.165) is 5.56 Å². The predicted molar refractivity (Wildman–Crippen MR) is 106 cm³/mol. The number of esters is 1. The number of ether oxygens (including phenoxy) is 2. The number of carbonyl (C=O) groups excluding carboxylic acids is 2. The van der Waals surface area contributed by atoms with Crippen LogP contribution in [0.4, 0.5) is 0 Å². The first-order chi connectivity index (χ1) is 13.8. The number of amides is 1. The summed E-state index contributed by atoms with van der Waals surface area (Å²) in [6.45, 7) is 0.0962. The van der Waals surface area contributed by atoms with Crippen molar-refractivity contribution in [1.29, 1.82) is 0 Å². The van der Waals surface area contributed by atoms with Crippen molar-refractivity contribution < 1.29 is 27.5 Å². The Bertz CT molecular complexity index is 1010. The van der Waals surface area contributed by atoms with Crippen LogP contribution in [0.1, 0.15) is 5.56 Å². The van der Waals surface area contributed by atoms with E-state index < -0.39 is 22.6 Å². The third kappa shape index (κ3) is 5.02. The molecule has 1 amide bonds. The molecule has 0 saturated heterocycles. The highest BCUT2D eigenvalue weighted by Gasteiger charge is 2.25. The molecule has 9 nitrogen and oxygen atoms in total. The highest BCUT2D eigenvalue weighted by Crippen LogP contribution is 2.19. The van der Waals surface area contributed by atoms with Gasteiger partial charge in [0.1, 0.15) is 11.6 Å². The monoisotopic (exact) mass is 419 g/mol. The molecule has 0 N–H and O–H groups in total. The molecule has 154 valence electrons. The highest BCUT2D eigenvalue weighted by molar-refractivity contribution is 7.90. The van der Waals surface area contributed by atoms with E-state index in [0.29, 0.717) is 12.3 Å². The Morgan fingerprint density at radius 1 is 1.24 bits per heavy atom. The van der Waals surface area contributed by atoms with Crippen molar-refractivity contribution in [2.75, 3.05) is 33.1 Å². The number of sulfonamides is 1. The molecule has 0 aromatic heterocycles. The lowest BCUT2D eigenvalue weighted by atomic mass is 10.2. The number of fused-ring (bicyclic) bond motifs is 1. The van der Waals surface area contributed by atoms with Crippen molar-refractivity contribution in [1.82, 2.24) is 9.80 Å². The number of hydrogen-bond acceptors (Lipinski definition) is 7. The van der Waals surface area contributed by atoms with Crippen LogP contribution in [0, 0.1) is 0 Å². The first-order valence-electron chi connectivity index (χ1n) is 8.81. The van der Waals surface area contributed by atoms with Crippen LogP contribution in [0.2, 0.25) is 0 Å². The molecule has 0 atom stereocenters. The molecule has 2 aliphatic heterocycles. The Kier molecular flexibility index (Phi) is 6.02. The third-order valence-corrected chi connectivity index (χ3v) is 5.58. The van der Waals surface area contributed by atoms with Crippen molar-refractivity contribution in [2.24, 2.45) is 4.40 Å². The van der Waals surface area contributed by atoms with Crippen LogP contribution < -0.4 is 4.74 Å². The highest BCUT2D eigenvalue weighted by atomic mass is 32.2. The fourth-order valence-corrected chi connectivity index (χ4v) is 3.79. The van der Waals surface area contributed by atoms with Gasteiger partial charge in [-0.05, 0) is 18.2 Å². The van der Waals surface area contributed by atoms with Crippen molar-refractivity contribution in [3.05, 3.63) is 53.8 Å². The fraction of sp³-hybridized carbons (Fsp3) is 0.316. The summed E-state index contributed by atoms with van der Waals surface area (Å²) in [6, 6.07) is 7.34. The Hall–Kier alpha value is -3.14. The molecule has 29 heavy (non-hydrogen) atoms. The number of carbonyl (C=O) groups is 2. The van der Waals surface area contributed by atoms with Gasteiger partial charge in [-0.2, -0.15) is 0 Å². The van der Waals surface area contributed by atoms with E-state index in [4.69, 9.17) is 9.47 Å². The maximum absolute atomic E-state index is 12.3. The van der Waals surface area contributed by atoms with Crippen LogP contribution in [-0.2, 0) is 30.9 Å². The summed E-state index contributed by atoms with van der Waals surface area (Å²) < 4.78 is 37.1. The summed E-state index contributed by atoms with van der Waals surface area (Å²) in [7, 11) is -0.295. The Balaban J connectivity index is 1.56. The Labute approximate surface area is 169 Å². The maximum Gasteiger partial charge on any atom is 0.340 e. The first kappa shape index (κ1) is 20.6. The summed E-state index contributed by atoms with van der Waals surface area (Å²) in [5, 5.41) is 0. The van der Waals surface area contributed by atoms with Gasteiger partial charge in [0.15, 0.2) is 6.61 Å². The van der Waals surface area contributed by atoms with E-state index in [-0.39, 0.29) is 29.6 Å². The van der Waals surface area contributed by atoms with Crippen molar-refractivity contribution in [3.63, 3.8) is 0 Å². The maximum atomic E-state index is 12.3. The van der Waals surface area contributed by atoms with Gasteiger partial charge in [0.05, 0.1) is 18.4 Å². The Morgan fingerprint density at radius 3 is 2.76 bits per heavy atom. The number of benzene rings is 1. The number of amidine groups is 1. The van der Waals surface area contributed by atoms with Crippen LogP contribution in [0.3, 0.4) is 0 Å². The molecule has 10 heteroatoms. The van der Waals surface area contributed by atoms with Gasteiger partial charge >= 0.3 is 5.97 Å². The number of para-hydroxylation sites is 1. The molecular formula is C19H21N3O6S. The number of methoxy groups -OCH3 is 1. The van der Waals surface area contributed by atoms with Crippen LogP contribution in [0.15, 0.2) is 52.6 Å². The minimum absolute atomic E-state index is 0.130. The zero-order valence-corrected chi connectivity index (χ0v) is 16.9. The molecule has 0 spiro atoms. The van der Waals surface area contributed by atoms with Gasteiger partial charge in [-0.1, -0.05) is 18.2 Å². The van der Waals surface area contributed by atoms with E-state index in [1.165, 1.54) is 23.3 Å². The lowest BCUT2D eigenvalue weighted by molar-refractivity contribution is -0.148. The van der Waals surface area contributed by atoms with E-state index >= 15 is 0 Å². The van der Waals surface area contributed by atoms with Crippen LogP contribution in [0.25, 0.3) is 0 Å². The third-order valence-electron chi connectivity index (χ3n) is 4.41. The van der Waals surface area contributed by atoms with Gasteiger partial charge in [0, 0.05) is 31.9 Å². The number of nitrogens with zero attached hydrogens (tertiary/aromatic N) is 3. The van der Waals surface area contributed by atoms with E-state index in [1.807, 2.05) is 18.2 Å². The van der Waals surface area contributed by atoms with E-state index in [9.17, 15) is 18.0 Å². The Morgan fingerprint density at radius 2 is 2.00 bits per heavy atom. The topological polar surface area (TPSA) is 106 Å². The van der Waals surface area contributed by atoms with Gasteiger partial charge in [0.2, 0.25) is 0 Å². The summed E-state index contributed by atoms with van der Waals surface area (Å²) in [5.74, 6) is -0.248. The summed E-state index contributed by atoms with van der Waals surface area (Å²) in [6.07, 6.45) is 4.32. The minimum Gasteiger partial charge on any atom is -0.496 e. The van der Waals surface area contributed by atoms with Gasteiger partial charge < -0.3 is 19.3 Å². The standard InChI is InChI=1S/C19H21N3O6S/c1-21(11-14-5-3-4-6-16(14)27-2)18(23)13-28-19(24)15-7-8-17-20-29(25,26)10-9-22(17)12-15/h3-8,12H,9-11,13H2,1-2H3. The molecule has 0 unspecified atom stereocenters. The molecule has 0 bridgehead atoms. The van der Waals surface area contributed by atoms with E-state index in [1.54, 1.807) is 25.1 Å². The van der Waals surface area contributed by atoms with Crippen molar-refractivity contribution in [2.45, 2.75) is 6.54 Å². The average molecular weight is 419 g/mol. The zero-order valence-electron chi connectivity index (χ0n) is 16.1. The van der Waals surface area contributed by atoms with Crippen molar-refractivity contribution >= 4 is 27.7 Å². The summed E-state index contributed by atoms with van der Waals surface area (Å²) in [4.78, 5) is 27.6. The molecule has 0 saturated carbocycles. The second kappa shape index (κ2) is 8.48. The quantitative estimate of drug-likeness (QED) is 0.625. The van der Waals surface area contributed by atoms with Gasteiger partial charge in [-0.3, -0.25) is 4.79 Å². The number of likely N-dealkylation sites (N-methyl/N-ethyl adjacent to an activating group) is 1. The normalized spacial score (nSPS) is 17.0. The molecule has 0 radical (unpaired) electrons. The molecule has 0 aliphatic carbocycles. The molecule has 3 rings (SSSR count). The lowest BCUT2D eigenvalue weighted by Gasteiger charge is -2.26. The largest absolute Gasteiger partial charge is 0.496 e. The zero-order chi connectivity index (χ0) is 21.0. The molecule has 0 fully saturated rings. The number of hydrogen-bond donors (Lipinski definition) is 0. The molecule has 2 heterocycles. The average Bonchev–Trinajstić information content (AvgIpc) is 2.71. The van der Waals surface area contributed by atoms with Gasteiger partial charge in [-0.25, -0.2) is 13.2 Å². The van der Waals surface area contributed by atoms with Crippen molar-refractivity contribution in [3.8, 4) is 5.75 Å². The van der Waals surface area contributed by atoms with Crippen LogP contribution in [-0.4, -0.2) is 69.0 Å². The molecule has 2 aliphatic rings. The molecular weight excluding hydrogens is 398 g/mol.